The predicted molar refractivity (Wildman–Crippen MR) is 94.2 cm³/mol. The summed E-state index contributed by atoms with van der Waals surface area (Å²) in [5, 5.41) is 2.88. The first-order valence-electron chi connectivity index (χ1n) is 8.03. The summed E-state index contributed by atoms with van der Waals surface area (Å²) in [7, 11) is 3.47. The fourth-order valence-electron chi connectivity index (χ4n) is 2.17. The highest BCUT2D eigenvalue weighted by Crippen LogP contribution is 2.11. The normalized spacial score (nSPS) is 10.6. The van der Waals surface area contributed by atoms with Gasteiger partial charge in [-0.15, -0.1) is 0 Å². The number of carbonyl (C=O) groups is 1. The molecule has 5 nitrogen and oxygen atoms in total. The van der Waals surface area contributed by atoms with Crippen LogP contribution in [0.3, 0.4) is 0 Å². The van der Waals surface area contributed by atoms with Gasteiger partial charge in [-0.3, -0.25) is 9.69 Å². The van der Waals surface area contributed by atoms with Gasteiger partial charge in [-0.1, -0.05) is 12.1 Å². The Morgan fingerprint density at radius 3 is 2.36 bits per heavy atom. The molecule has 0 spiro atoms. The van der Waals surface area contributed by atoms with Crippen molar-refractivity contribution in [2.45, 2.75) is 6.54 Å². The summed E-state index contributed by atoms with van der Waals surface area (Å²) in [6.45, 7) is 1.77. The van der Waals surface area contributed by atoms with Gasteiger partial charge in [-0.2, -0.15) is 0 Å². The van der Waals surface area contributed by atoms with Gasteiger partial charge in [-0.05, 0) is 49.0 Å². The van der Waals surface area contributed by atoms with Crippen LogP contribution in [-0.2, 0) is 11.3 Å². The van der Waals surface area contributed by atoms with Crippen molar-refractivity contribution in [3.8, 4) is 11.5 Å². The number of amides is 1. The van der Waals surface area contributed by atoms with Crippen molar-refractivity contribution in [2.75, 3.05) is 33.9 Å². The Balaban J connectivity index is 1.64. The molecule has 25 heavy (non-hydrogen) atoms. The monoisotopic (exact) mass is 346 g/mol. The first-order valence-corrected chi connectivity index (χ1v) is 8.03. The van der Waals surface area contributed by atoms with Gasteiger partial charge in [0.2, 0.25) is 5.91 Å². The standard InChI is InChI=1S/C19H23FN2O3/c1-22(11-12-25-18-9-5-16(20)6-10-18)14-19(23)21-13-15-3-7-17(24-2)8-4-15/h3-10H,11-14H2,1-2H3,(H,21,23). The van der Waals surface area contributed by atoms with E-state index in [0.29, 0.717) is 25.4 Å². The molecule has 0 aliphatic heterocycles. The fraction of sp³-hybridized carbons (Fsp3) is 0.316. The van der Waals surface area contributed by atoms with Crippen LogP contribution in [-0.4, -0.2) is 44.7 Å². The molecule has 0 fully saturated rings. The molecule has 0 heterocycles. The molecule has 134 valence electrons. The van der Waals surface area contributed by atoms with Crippen molar-refractivity contribution < 1.29 is 18.7 Å². The molecular formula is C19H23FN2O3. The van der Waals surface area contributed by atoms with Crippen molar-refractivity contribution >= 4 is 5.91 Å². The number of ether oxygens (including phenoxy) is 2. The van der Waals surface area contributed by atoms with E-state index in [4.69, 9.17) is 9.47 Å². The fourth-order valence-corrected chi connectivity index (χ4v) is 2.17. The van der Waals surface area contributed by atoms with Gasteiger partial charge in [0.1, 0.15) is 23.9 Å². The molecule has 0 bridgehead atoms. The van der Waals surface area contributed by atoms with Crippen LogP contribution in [0.25, 0.3) is 0 Å². The molecule has 0 atom stereocenters. The Kier molecular flexibility index (Phi) is 7.22. The Morgan fingerprint density at radius 1 is 1.08 bits per heavy atom. The molecule has 2 aromatic carbocycles. The zero-order valence-corrected chi connectivity index (χ0v) is 14.5. The summed E-state index contributed by atoms with van der Waals surface area (Å²) in [5.74, 6) is 1.05. The van der Waals surface area contributed by atoms with E-state index >= 15 is 0 Å². The van der Waals surface area contributed by atoms with E-state index in [0.717, 1.165) is 11.3 Å². The van der Waals surface area contributed by atoms with E-state index in [9.17, 15) is 9.18 Å². The van der Waals surface area contributed by atoms with Crippen LogP contribution in [0.4, 0.5) is 4.39 Å². The van der Waals surface area contributed by atoms with Gasteiger partial charge in [0.25, 0.3) is 0 Å². The van der Waals surface area contributed by atoms with Crippen LogP contribution in [0.1, 0.15) is 5.56 Å². The lowest BCUT2D eigenvalue weighted by Crippen LogP contribution is -2.36. The number of hydrogen-bond donors (Lipinski definition) is 1. The number of carbonyl (C=O) groups excluding carboxylic acids is 1. The highest BCUT2D eigenvalue weighted by Gasteiger charge is 2.07. The maximum Gasteiger partial charge on any atom is 0.234 e. The topological polar surface area (TPSA) is 50.8 Å². The molecule has 1 N–H and O–H groups in total. The molecule has 6 heteroatoms. The Hall–Kier alpha value is -2.60. The number of likely N-dealkylation sites (N-methyl/N-ethyl adjacent to an activating group) is 1. The third kappa shape index (κ3) is 6.81. The summed E-state index contributed by atoms with van der Waals surface area (Å²) in [6.07, 6.45) is 0. The molecule has 0 saturated carbocycles. The van der Waals surface area contributed by atoms with Crippen molar-refractivity contribution in [1.29, 1.82) is 0 Å². The highest BCUT2D eigenvalue weighted by atomic mass is 19.1. The zero-order chi connectivity index (χ0) is 18.1. The number of halogens is 1. The lowest BCUT2D eigenvalue weighted by Gasteiger charge is -2.16. The second-order valence-corrected chi connectivity index (χ2v) is 5.66. The van der Waals surface area contributed by atoms with E-state index in [1.165, 1.54) is 12.1 Å². The second-order valence-electron chi connectivity index (χ2n) is 5.66. The van der Waals surface area contributed by atoms with Crippen molar-refractivity contribution in [2.24, 2.45) is 0 Å². The summed E-state index contributed by atoms with van der Waals surface area (Å²) >= 11 is 0. The number of rotatable bonds is 9. The minimum atomic E-state index is -0.294. The van der Waals surface area contributed by atoms with E-state index in [2.05, 4.69) is 5.32 Å². The molecule has 2 aromatic rings. The van der Waals surface area contributed by atoms with Crippen LogP contribution >= 0.6 is 0 Å². The molecule has 0 radical (unpaired) electrons. The van der Waals surface area contributed by atoms with E-state index in [1.807, 2.05) is 36.2 Å². The van der Waals surface area contributed by atoms with E-state index < -0.39 is 0 Å². The van der Waals surface area contributed by atoms with Gasteiger partial charge in [-0.25, -0.2) is 4.39 Å². The maximum absolute atomic E-state index is 12.8. The van der Waals surface area contributed by atoms with Gasteiger partial charge >= 0.3 is 0 Å². The minimum absolute atomic E-state index is 0.0555. The third-order valence-electron chi connectivity index (χ3n) is 3.62. The lowest BCUT2D eigenvalue weighted by atomic mass is 10.2. The summed E-state index contributed by atoms with van der Waals surface area (Å²) < 4.78 is 23.4. The average Bonchev–Trinajstić information content (AvgIpc) is 2.62. The number of hydrogen-bond acceptors (Lipinski definition) is 4. The number of nitrogens with one attached hydrogen (secondary N) is 1. The van der Waals surface area contributed by atoms with Crippen molar-refractivity contribution in [3.05, 3.63) is 59.9 Å². The molecule has 0 aliphatic rings. The third-order valence-corrected chi connectivity index (χ3v) is 3.62. The molecule has 0 aromatic heterocycles. The van der Waals surface area contributed by atoms with Crippen LogP contribution < -0.4 is 14.8 Å². The Bertz CT molecular complexity index is 659. The molecular weight excluding hydrogens is 323 g/mol. The number of benzene rings is 2. The second kappa shape index (κ2) is 9.64. The van der Waals surface area contributed by atoms with E-state index in [-0.39, 0.29) is 18.3 Å². The lowest BCUT2D eigenvalue weighted by molar-refractivity contribution is -0.122. The molecule has 0 unspecified atom stereocenters. The highest BCUT2D eigenvalue weighted by molar-refractivity contribution is 5.77. The van der Waals surface area contributed by atoms with Crippen molar-refractivity contribution in [3.63, 3.8) is 0 Å². The van der Waals surface area contributed by atoms with Gasteiger partial charge < -0.3 is 14.8 Å². The van der Waals surface area contributed by atoms with E-state index in [1.54, 1.807) is 19.2 Å². The van der Waals surface area contributed by atoms with Gasteiger partial charge in [0.05, 0.1) is 13.7 Å². The summed E-state index contributed by atoms with van der Waals surface area (Å²) in [4.78, 5) is 13.8. The molecule has 2 rings (SSSR count). The average molecular weight is 346 g/mol. The summed E-state index contributed by atoms with van der Waals surface area (Å²) in [6, 6.07) is 13.4. The first kappa shape index (κ1) is 18.7. The van der Waals surface area contributed by atoms with Crippen LogP contribution in [0, 0.1) is 5.82 Å². The Morgan fingerprint density at radius 2 is 1.72 bits per heavy atom. The number of nitrogens with zero attached hydrogens (tertiary/aromatic N) is 1. The van der Waals surface area contributed by atoms with Crippen LogP contribution in [0.5, 0.6) is 11.5 Å². The van der Waals surface area contributed by atoms with Gasteiger partial charge in [0, 0.05) is 13.1 Å². The quantitative estimate of drug-likeness (QED) is 0.758. The maximum atomic E-state index is 12.8. The largest absolute Gasteiger partial charge is 0.497 e. The SMILES string of the molecule is COc1ccc(CNC(=O)CN(C)CCOc2ccc(F)cc2)cc1. The van der Waals surface area contributed by atoms with Crippen LogP contribution in [0.2, 0.25) is 0 Å². The molecule has 0 saturated heterocycles. The van der Waals surface area contributed by atoms with Gasteiger partial charge in [0.15, 0.2) is 0 Å². The minimum Gasteiger partial charge on any atom is -0.497 e. The first-order chi connectivity index (χ1) is 12.1. The predicted octanol–water partition coefficient (Wildman–Crippen LogP) is 2.46. The van der Waals surface area contributed by atoms with Crippen LogP contribution in [0.15, 0.2) is 48.5 Å². The smallest absolute Gasteiger partial charge is 0.234 e. The summed E-state index contributed by atoms with van der Waals surface area (Å²) in [5.41, 5.74) is 1.01. The molecule has 0 aliphatic carbocycles. The van der Waals surface area contributed by atoms with Crippen molar-refractivity contribution in [1.82, 2.24) is 10.2 Å². The molecule has 1 amide bonds. The Labute approximate surface area is 147 Å². The zero-order valence-electron chi connectivity index (χ0n) is 14.5. The number of methoxy groups -OCH3 is 1.